The minimum Gasteiger partial charge on any atom is -0.324 e. The molecule has 0 spiro atoms. The smallest absolute Gasteiger partial charge is 0.241 e. The third-order valence-electron chi connectivity index (χ3n) is 2.98. The van der Waals surface area contributed by atoms with Gasteiger partial charge in [0.1, 0.15) is 5.01 Å². The van der Waals surface area contributed by atoms with Crippen LogP contribution in [0, 0.1) is 20.8 Å². The van der Waals surface area contributed by atoms with Crippen LogP contribution in [-0.2, 0) is 16.6 Å². The Kier molecular flexibility index (Phi) is 4.62. The van der Waals surface area contributed by atoms with Crippen molar-refractivity contribution in [3.8, 4) is 0 Å². The van der Waals surface area contributed by atoms with E-state index in [0.717, 1.165) is 9.88 Å². The number of nitrogens with two attached hydrogens (primary N) is 1. The lowest BCUT2D eigenvalue weighted by Gasteiger charge is -2.13. The van der Waals surface area contributed by atoms with Gasteiger partial charge < -0.3 is 5.43 Å². The molecule has 8 heteroatoms. The van der Waals surface area contributed by atoms with Gasteiger partial charge in [0.15, 0.2) is 0 Å². The zero-order valence-electron chi connectivity index (χ0n) is 12.1. The van der Waals surface area contributed by atoms with Gasteiger partial charge in [-0.2, -0.15) is 0 Å². The highest BCUT2D eigenvalue weighted by atomic mass is 32.2. The van der Waals surface area contributed by atoms with Crippen molar-refractivity contribution in [1.82, 2.24) is 9.71 Å². The number of sulfonamides is 1. The maximum Gasteiger partial charge on any atom is 0.241 e. The summed E-state index contributed by atoms with van der Waals surface area (Å²) in [5.74, 6) is 5.36. The Balaban J connectivity index is 2.27. The van der Waals surface area contributed by atoms with E-state index in [1.807, 2.05) is 6.92 Å². The molecule has 114 valence electrons. The Morgan fingerprint density at radius 1 is 1.24 bits per heavy atom. The fourth-order valence-corrected chi connectivity index (χ4v) is 4.42. The fourth-order valence-electron chi connectivity index (χ4n) is 2.17. The molecule has 2 aromatic rings. The second kappa shape index (κ2) is 6.10. The summed E-state index contributed by atoms with van der Waals surface area (Å²) < 4.78 is 27.5. The van der Waals surface area contributed by atoms with Gasteiger partial charge >= 0.3 is 0 Å². The number of anilines is 1. The number of hydrogen-bond donors (Lipinski definition) is 3. The van der Waals surface area contributed by atoms with Crippen LogP contribution in [0.1, 0.15) is 21.0 Å². The number of hydrazine groups is 1. The highest BCUT2D eigenvalue weighted by molar-refractivity contribution is 7.89. The first-order valence-corrected chi connectivity index (χ1v) is 8.62. The van der Waals surface area contributed by atoms with Crippen molar-refractivity contribution in [2.45, 2.75) is 32.2 Å². The second-order valence-electron chi connectivity index (χ2n) is 4.77. The summed E-state index contributed by atoms with van der Waals surface area (Å²) in [6.07, 6.45) is 1.73. The van der Waals surface area contributed by atoms with Gasteiger partial charge in [-0.15, -0.1) is 11.3 Å². The van der Waals surface area contributed by atoms with E-state index in [-0.39, 0.29) is 11.4 Å². The molecule has 0 unspecified atom stereocenters. The van der Waals surface area contributed by atoms with E-state index in [2.05, 4.69) is 15.1 Å². The average molecular weight is 326 g/mol. The number of nitrogens with zero attached hydrogens (tertiary/aromatic N) is 1. The van der Waals surface area contributed by atoms with Gasteiger partial charge in [-0.25, -0.2) is 18.1 Å². The Labute approximate surface area is 128 Å². The highest BCUT2D eigenvalue weighted by Gasteiger charge is 2.20. The molecule has 21 heavy (non-hydrogen) atoms. The molecule has 1 heterocycles. The molecule has 4 N–H and O–H groups in total. The van der Waals surface area contributed by atoms with Gasteiger partial charge in [0.2, 0.25) is 10.0 Å². The van der Waals surface area contributed by atoms with E-state index in [9.17, 15) is 8.42 Å². The van der Waals surface area contributed by atoms with Crippen LogP contribution in [0.3, 0.4) is 0 Å². The molecule has 2 rings (SSSR count). The van der Waals surface area contributed by atoms with Crippen molar-refractivity contribution in [3.05, 3.63) is 39.3 Å². The SMILES string of the molecule is Cc1cnc(CNS(=O)(=O)c2c(C)cc(NN)cc2C)s1. The maximum absolute atomic E-state index is 12.5. The normalized spacial score (nSPS) is 11.6. The Bertz CT molecular complexity index is 730. The van der Waals surface area contributed by atoms with Gasteiger partial charge in [0.25, 0.3) is 0 Å². The van der Waals surface area contributed by atoms with Crippen LogP contribution >= 0.6 is 11.3 Å². The Hall–Kier alpha value is -1.48. The number of thiazole rings is 1. The predicted octanol–water partition coefficient (Wildman–Crippen LogP) is 1.83. The van der Waals surface area contributed by atoms with Crippen LogP contribution in [-0.4, -0.2) is 13.4 Å². The van der Waals surface area contributed by atoms with Crippen LogP contribution in [0.4, 0.5) is 5.69 Å². The van der Waals surface area contributed by atoms with Gasteiger partial charge in [0.05, 0.1) is 11.4 Å². The van der Waals surface area contributed by atoms with Crippen LogP contribution in [0.2, 0.25) is 0 Å². The van der Waals surface area contributed by atoms with E-state index in [0.29, 0.717) is 16.8 Å². The predicted molar refractivity (Wildman–Crippen MR) is 84.6 cm³/mol. The third-order valence-corrected chi connectivity index (χ3v) is 5.60. The number of aryl methyl sites for hydroxylation is 3. The number of nitrogen functional groups attached to an aromatic ring is 1. The molecule has 0 aliphatic rings. The minimum atomic E-state index is -3.59. The van der Waals surface area contributed by atoms with Crippen molar-refractivity contribution < 1.29 is 8.42 Å². The number of hydrogen-bond acceptors (Lipinski definition) is 6. The summed E-state index contributed by atoms with van der Waals surface area (Å²) in [5.41, 5.74) is 4.49. The minimum absolute atomic E-state index is 0.191. The van der Waals surface area contributed by atoms with E-state index >= 15 is 0 Å². The van der Waals surface area contributed by atoms with Gasteiger partial charge in [-0.1, -0.05) is 0 Å². The lowest BCUT2D eigenvalue weighted by molar-refractivity contribution is 0.580. The first-order valence-electron chi connectivity index (χ1n) is 6.32. The Morgan fingerprint density at radius 3 is 2.33 bits per heavy atom. The van der Waals surface area contributed by atoms with E-state index < -0.39 is 10.0 Å². The van der Waals surface area contributed by atoms with E-state index in [1.165, 1.54) is 11.3 Å². The molecule has 0 fully saturated rings. The second-order valence-corrected chi connectivity index (χ2v) is 7.80. The third kappa shape index (κ3) is 3.59. The molecular formula is C13H18N4O2S2. The summed E-state index contributed by atoms with van der Waals surface area (Å²) in [5, 5.41) is 0.742. The summed E-state index contributed by atoms with van der Waals surface area (Å²) in [4.78, 5) is 5.49. The molecule has 0 aliphatic heterocycles. The molecule has 0 atom stereocenters. The molecule has 0 aliphatic carbocycles. The molecule has 0 saturated carbocycles. The van der Waals surface area contributed by atoms with E-state index in [1.54, 1.807) is 32.2 Å². The Morgan fingerprint density at radius 2 is 1.86 bits per heavy atom. The zero-order chi connectivity index (χ0) is 15.6. The lowest BCUT2D eigenvalue weighted by atomic mass is 10.1. The molecule has 0 bridgehead atoms. The molecule has 1 aromatic carbocycles. The number of nitrogens with one attached hydrogen (secondary N) is 2. The zero-order valence-corrected chi connectivity index (χ0v) is 13.7. The van der Waals surface area contributed by atoms with Crippen LogP contribution in [0.25, 0.3) is 0 Å². The van der Waals surface area contributed by atoms with Crippen molar-refractivity contribution in [2.75, 3.05) is 5.43 Å². The molecule has 0 saturated heterocycles. The van der Waals surface area contributed by atoms with Crippen molar-refractivity contribution >= 4 is 27.0 Å². The summed E-state index contributed by atoms with van der Waals surface area (Å²) in [7, 11) is -3.59. The fraction of sp³-hybridized carbons (Fsp3) is 0.308. The average Bonchev–Trinajstić information content (AvgIpc) is 2.81. The van der Waals surface area contributed by atoms with Crippen LogP contribution in [0.5, 0.6) is 0 Å². The number of rotatable bonds is 5. The van der Waals surface area contributed by atoms with Crippen molar-refractivity contribution in [1.29, 1.82) is 0 Å². The summed E-state index contributed by atoms with van der Waals surface area (Å²) in [6, 6.07) is 3.41. The number of aromatic nitrogens is 1. The number of benzene rings is 1. The standard InChI is InChI=1S/C13H18N4O2S2/c1-8-4-11(17-14)5-9(2)13(8)21(18,19)16-7-12-15-6-10(3)20-12/h4-6,16-17H,7,14H2,1-3H3. The monoisotopic (exact) mass is 326 g/mol. The first-order chi connectivity index (χ1) is 9.83. The van der Waals surface area contributed by atoms with E-state index in [4.69, 9.17) is 5.84 Å². The van der Waals surface area contributed by atoms with Crippen molar-refractivity contribution in [2.24, 2.45) is 5.84 Å². The van der Waals surface area contributed by atoms with Gasteiger partial charge in [-0.05, 0) is 44.0 Å². The largest absolute Gasteiger partial charge is 0.324 e. The molecular weight excluding hydrogens is 308 g/mol. The molecule has 6 nitrogen and oxygen atoms in total. The molecule has 0 amide bonds. The van der Waals surface area contributed by atoms with Gasteiger partial charge in [-0.3, -0.25) is 5.84 Å². The first kappa shape index (κ1) is 15.9. The topological polar surface area (TPSA) is 97.1 Å². The van der Waals surface area contributed by atoms with Crippen LogP contribution < -0.4 is 16.0 Å². The molecule has 0 radical (unpaired) electrons. The quantitative estimate of drug-likeness (QED) is 0.575. The highest BCUT2D eigenvalue weighted by Crippen LogP contribution is 2.24. The maximum atomic E-state index is 12.5. The van der Waals surface area contributed by atoms with Gasteiger partial charge in [0, 0.05) is 16.8 Å². The lowest BCUT2D eigenvalue weighted by Crippen LogP contribution is -2.25. The summed E-state index contributed by atoms with van der Waals surface area (Å²) >= 11 is 1.47. The van der Waals surface area contributed by atoms with Crippen LogP contribution in [0.15, 0.2) is 23.2 Å². The summed E-state index contributed by atoms with van der Waals surface area (Å²) in [6.45, 7) is 5.62. The molecule has 1 aromatic heterocycles. The van der Waals surface area contributed by atoms with Crippen molar-refractivity contribution in [3.63, 3.8) is 0 Å².